The van der Waals surface area contributed by atoms with E-state index < -0.39 is 5.82 Å². The van der Waals surface area contributed by atoms with Crippen LogP contribution in [0.2, 0.25) is 0 Å². The van der Waals surface area contributed by atoms with Gasteiger partial charge in [0.15, 0.2) is 0 Å². The van der Waals surface area contributed by atoms with E-state index in [1.807, 2.05) is 12.1 Å². The lowest BCUT2D eigenvalue weighted by atomic mass is 9.97. The Labute approximate surface area is 126 Å². The van der Waals surface area contributed by atoms with Gasteiger partial charge in [-0.2, -0.15) is 0 Å². The van der Waals surface area contributed by atoms with Gasteiger partial charge in [-0.05, 0) is 30.0 Å². The van der Waals surface area contributed by atoms with Crippen molar-refractivity contribution in [2.45, 2.75) is 12.3 Å². The summed E-state index contributed by atoms with van der Waals surface area (Å²) in [6.45, 7) is 2.08. The van der Waals surface area contributed by atoms with E-state index in [0.717, 1.165) is 25.1 Å². The summed E-state index contributed by atoms with van der Waals surface area (Å²) in [7, 11) is 0. The number of aromatic amines is 1. The summed E-state index contributed by atoms with van der Waals surface area (Å²) in [5.74, 6) is 0.154. The second-order valence-electron chi connectivity index (χ2n) is 5.76. The maximum Gasteiger partial charge on any atom is 0.272 e. The maximum atomic E-state index is 13.3. The van der Waals surface area contributed by atoms with Crippen molar-refractivity contribution >= 4 is 5.52 Å². The predicted molar refractivity (Wildman–Crippen MR) is 83.6 cm³/mol. The van der Waals surface area contributed by atoms with Crippen LogP contribution >= 0.6 is 0 Å². The molecule has 1 aliphatic heterocycles. The molecule has 2 aromatic heterocycles. The number of hydrogen-bond donors (Lipinski definition) is 2. The maximum absolute atomic E-state index is 13.3. The molecule has 1 fully saturated rings. The fourth-order valence-corrected chi connectivity index (χ4v) is 3.11. The van der Waals surface area contributed by atoms with Crippen molar-refractivity contribution in [3.05, 3.63) is 64.5 Å². The summed E-state index contributed by atoms with van der Waals surface area (Å²) in [6.07, 6.45) is 4.21. The number of nitrogens with one attached hydrogen (secondary N) is 2. The van der Waals surface area contributed by atoms with Crippen molar-refractivity contribution in [3.63, 3.8) is 0 Å². The van der Waals surface area contributed by atoms with Crippen molar-refractivity contribution in [2.24, 2.45) is 0 Å². The third-order valence-corrected chi connectivity index (χ3v) is 4.32. The molecule has 3 heterocycles. The zero-order chi connectivity index (χ0) is 15.1. The highest BCUT2D eigenvalue weighted by Crippen LogP contribution is 2.25. The van der Waals surface area contributed by atoms with E-state index in [1.165, 1.54) is 22.2 Å². The van der Waals surface area contributed by atoms with Crippen molar-refractivity contribution in [2.75, 3.05) is 13.1 Å². The number of hydrogen-bond acceptors (Lipinski definition) is 2. The summed E-state index contributed by atoms with van der Waals surface area (Å²) < 4.78 is 14.8. The molecule has 22 heavy (non-hydrogen) atoms. The van der Waals surface area contributed by atoms with E-state index in [4.69, 9.17) is 0 Å². The van der Waals surface area contributed by atoms with Gasteiger partial charge in [0.25, 0.3) is 5.56 Å². The van der Waals surface area contributed by atoms with Crippen molar-refractivity contribution in [3.8, 4) is 11.3 Å². The average Bonchev–Trinajstić information content (AvgIpc) is 3.16. The Balaban J connectivity index is 1.73. The molecule has 4 rings (SSSR count). The standard InChI is InChI=1S/C17H16FN3O/c18-14-7-16-17(22)20-15(10-21(16)9-14)12-3-1-11(2-4-12)13-5-6-19-8-13/h1-4,7,9-10,13,19H,5-6,8H2,(H,20,22). The zero-order valence-electron chi connectivity index (χ0n) is 12.0. The summed E-state index contributed by atoms with van der Waals surface area (Å²) in [5, 5.41) is 3.36. The van der Waals surface area contributed by atoms with Gasteiger partial charge >= 0.3 is 0 Å². The van der Waals surface area contributed by atoms with Crippen LogP contribution in [-0.4, -0.2) is 22.5 Å². The fraction of sp³-hybridized carbons (Fsp3) is 0.235. The van der Waals surface area contributed by atoms with Crippen molar-refractivity contribution in [1.29, 1.82) is 0 Å². The first-order valence-corrected chi connectivity index (χ1v) is 7.42. The second-order valence-corrected chi connectivity index (χ2v) is 5.76. The van der Waals surface area contributed by atoms with Gasteiger partial charge in [0.05, 0.1) is 5.69 Å². The lowest BCUT2D eigenvalue weighted by molar-refractivity contribution is 0.628. The minimum absolute atomic E-state index is 0.287. The van der Waals surface area contributed by atoms with Crippen molar-refractivity contribution < 1.29 is 4.39 Å². The predicted octanol–water partition coefficient (Wildman–Crippen LogP) is 2.51. The lowest BCUT2D eigenvalue weighted by Gasteiger charge is -2.10. The molecule has 4 nitrogen and oxygen atoms in total. The molecule has 0 amide bonds. The molecule has 2 N–H and O–H groups in total. The smallest absolute Gasteiger partial charge is 0.272 e. The van der Waals surface area contributed by atoms with Crippen LogP contribution in [0.4, 0.5) is 4.39 Å². The number of halogens is 1. The first-order valence-electron chi connectivity index (χ1n) is 7.42. The highest BCUT2D eigenvalue weighted by Gasteiger charge is 2.16. The molecule has 1 saturated heterocycles. The molecule has 112 valence electrons. The number of rotatable bonds is 2. The minimum atomic E-state index is -0.410. The monoisotopic (exact) mass is 297 g/mol. The van der Waals surface area contributed by atoms with Gasteiger partial charge in [0.2, 0.25) is 0 Å². The van der Waals surface area contributed by atoms with Gasteiger partial charge in [0.1, 0.15) is 11.3 Å². The van der Waals surface area contributed by atoms with E-state index in [9.17, 15) is 9.18 Å². The van der Waals surface area contributed by atoms with Crippen LogP contribution in [0.1, 0.15) is 17.9 Å². The molecule has 0 radical (unpaired) electrons. The summed E-state index contributed by atoms with van der Waals surface area (Å²) in [6, 6.07) is 9.45. The van der Waals surface area contributed by atoms with E-state index in [0.29, 0.717) is 17.1 Å². The SMILES string of the molecule is O=c1[nH]c(-c2ccc(C3CCNC3)cc2)cn2cc(F)cc12. The minimum Gasteiger partial charge on any atom is -0.319 e. The molecular formula is C17H16FN3O. The lowest BCUT2D eigenvalue weighted by Crippen LogP contribution is -2.10. The molecular weight excluding hydrogens is 281 g/mol. The largest absolute Gasteiger partial charge is 0.319 e. The van der Waals surface area contributed by atoms with E-state index in [1.54, 1.807) is 6.20 Å². The Hall–Kier alpha value is -2.40. The van der Waals surface area contributed by atoms with Crippen LogP contribution in [0.25, 0.3) is 16.8 Å². The fourth-order valence-electron chi connectivity index (χ4n) is 3.11. The summed E-state index contributed by atoms with van der Waals surface area (Å²) in [4.78, 5) is 14.8. The van der Waals surface area contributed by atoms with Crippen LogP contribution in [0, 0.1) is 5.82 Å². The first-order chi connectivity index (χ1) is 10.7. The summed E-state index contributed by atoms with van der Waals surface area (Å²) in [5.41, 5.74) is 2.94. The molecule has 0 saturated carbocycles. The van der Waals surface area contributed by atoms with Gasteiger partial charge in [0, 0.05) is 25.0 Å². The topological polar surface area (TPSA) is 49.3 Å². The number of aromatic nitrogens is 2. The average molecular weight is 297 g/mol. The quantitative estimate of drug-likeness (QED) is 0.763. The highest BCUT2D eigenvalue weighted by molar-refractivity contribution is 5.61. The van der Waals surface area contributed by atoms with Gasteiger partial charge in [-0.1, -0.05) is 24.3 Å². The zero-order valence-corrected chi connectivity index (χ0v) is 12.0. The number of H-pyrrole nitrogens is 1. The number of benzene rings is 1. The highest BCUT2D eigenvalue weighted by atomic mass is 19.1. The molecule has 3 aromatic rings. The Kier molecular flexibility index (Phi) is 3.08. The Morgan fingerprint density at radius 1 is 1.18 bits per heavy atom. The second kappa shape index (κ2) is 5.10. The molecule has 0 spiro atoms. The van der Waals surface area contributed by atoms with Crippen LogP contribution in [-0.2, 0) is 0 Å². The van der Waals surface area contributed by atoms with Crippen LogP contribution in [0.5, 0.6) is 0 Å². The third-order valence-electron chi connectivity index (χ3n) is 4.32. The Morgan fingerprint density at radius 2 is 2.00 bits per heavy atom. The third kappa shape index (κ3) is 2.23. The molecule has 1 unspecified atom stereocenters. The number of fused-ring (bicyclic) bond motifs is 1. The molecule has 1 aromatic carbocycles. The van der Waals surface area contributed by atoms with E-state index in [-0.39, 0.29) is 5.56 Å². The number of nitrogens with zero attached hydrogens (tertiary/aromatic N) is 1. The molecule has 0 aliphatic carbocycles. The molecule has 1 aliphatic rings. The van der Waals surface area contributed by atoms with E-state index >= 15 is 0 Å². The first kappa shape index (κ1) is 13.3. The Bertz CT molecular complexity index is 873. The molecule has 1 atom stereocenters. The van der Waals surface area contributed by atoms with Crippen LogP contribution in [0.3, 0.4) is 0 Å². The van der Waals surface area contributed by atoms with Gasteiger partial charge in [-0.3, -0.25) is 4.79 Å². The van der Waals surface area contributed by atoms with Gasteiger partial charge < -0.3 is 14.7 Å². The molecule has 0 bridgehead atoms. The van der Waals surface area contributed by atoms with E-state index in [2.05, 4.69) is 22.4 Å². The summed E-state index contributed by atoms with van der Waals surface area (Å²) >= 11 is 0. The van der Waals surface area contributed by atoms with Crippen LogP contribution < -0.4 is 10.9 Å². The normalized spacial score (nSPS) is 18.1. The molecule has 5 heteroatoms. The van der Waals surface area contributed by atoms with Crippen LogP contribution in [0.15, 0.2) is 47.5 Å². The van der Waals surface area contributed by atoms with Crippen molar-refractivity contribution in [1.82, 2.24) is 14.7 Å². The van der Waals surface area contributed by atoms with Gasteiger partial charge in [-0.25, -0.2) is 4.39 Å². The Morgan fingerprint density at radius 3 is 2.73 bits per heavy atom. The van der Waals surface area contributed by atoms with Gasteiger partial charge in [-0.15, -0.1) is 0 Å².